The van der Waals surface area contributed by atoms with E-state index in [2.05, 4.69) is 10.0 Å². The van der Waals surface area contributed by atoms with Crippen LogP contribution in [0.4, 0.5) is 4.79 Å². The molecule has 0 saturated carbocycles. The van der Waals surface area contributed by atoms with E-state index in [1.807, 2.05) is 0 Å². The molecule has 146 valence electrons. The van der Waals surface area contributed by atoms with Crippen LogP contribution in [0.5, 0.6) is 0 Å². The van der Waals surface area contributed by atoms with Gasteiger partial charge in [0.2, 0.25) is 10.0 Å². The molecule has 1 rings (SSSR count). The largest absolute Gasteiger partial charge is 0.480 e. The molecule has 1 aromatic carbocycles. The number of carbonyl (C=O) groups is 2. The summed E-state index contributed by atoms with van der Waals surface area (Å²) in [6, 6.07) is 6.35. The van der Waals surface area contributed by atoms with Gasteiger partial charge in [-0.3, -0.25) is 4.79 Å². The Kier molecular flexibility index (Phi) is 8.04. The van der Waals surface area contributed by atoms with Gasteiger partial charge in [0, 0.05) is 6.54 Å². The summed E-state index contributed by atoms with van der Waals surface area (Å²) in [6.07, 6.45) is 0.481. The zero-order valence-electron chi connectivity index (χ0n) is 15.2. The lowest BCUT2D eigenvalue weighted by Gasteiger charge is -2.19. The fourth-order valence-corrected chi connectivity index (χ4v) is 3.31. The van der Waals surface area contributed by atoms with Crippen molar-refractivity contribution in [1.29, 1.82) is 0 Å². The highest BCUT2D eigenvalue weighted by Gasteiger charge is 2.24. The van der Waals surface area contributed by atoms with Crippen molar-refractivity contribution in [1.82, 2.24) is 10.0 Å². The highest BCUT2D eigenvalue weighted by molar-refractivity contribution is 7.89. The molecule has 1 amide bonds. The summed E-state index contributed by atoms with van der Waals surface area (Å²) in [4.78, 5) is 22.8. The lowest BCUT2D eigenvalue weighted by molar-refractivity contribution is -0.139. The molecule has 0 spiro atoms. The summed E-state index contributed by atoms with van der Waals surface area (Å²) < 4.78 is 31.7. The van der Waals surface area contributed by atoms with Crippen molar-refractivity contribution in [2.75, 3.05) is 6.54 Å². The van der Waals surface area contributed by atoms with E-state index in [1.165, 1.54) is 12.1 Å². The minimum atomic E-state index is -3.90. The van der Waals surface area contributed by atoms with Crippen molar-refractivity contribution in [2.45, 2.75) is 56.6 Å². The molecule has 0 aliphatic rings. The Morgan fingerprint density at radius 2 is 1.77 bits per heavy atom. The molecule has 1 atom stereocenters. The summed E-state index contributed by atoms with van der Waals surface area (Å²) in [5.74, 6) is -1.25. The molecule has 0 aliphatic heterocycles. The molecule has 9 heteroatoms. The summed E-state index contributed by atoms with van der Waals surface area (Å²) in [6.45, 7) is 5.57. The van der Waals surface area contributed by atoms with Crippen LogP contribution < -0.4 is 10.0 Å². The lowest BCUT2D eigenvalue weighted by Crippen LogP contribution is -2.40. The zero-order valence-corrected chi connectivity index (χ0v) is 16.0. The summed E-state index contributed by atoms with van der Waals surface area (Å²) in [5, 5.41) is 11.8. The van der Waals surface area contributed by atoms with Gasteiger partial charge in [0.1, 0.15) is 11.6 Å². The maximum Gasteiger partial charge on any atom is 0.407 e. The van der Waals surface area contributed by atoms with Gasteiger partial charge in [-0.2, -0.15) is 4.72 Å². The number of alkyl carbamates (subject to hydrolysis) is 1. The van der Waals surface area contributed by atoms with Gasteiger partial charge in [-0.15, -0.1) is 0 Å². The Hall–Kier alpha value is -2.13. The molecule has 0 saturated heterocycles. The minimum absolute atomic E-state index is 0.0119. The van der Waals surface area contributed by atoms with E-state index in [4.69, 9.17) is 4.74 Å². The summed E-state index contributed by atoms with van der Waals surface area (Å²) in [7, 11) is -3.90. The molecule has 3 N–H and O–H groups in total. The van der Waals surface area contributed by atoms with E-state index in [9.17, 15) is 23.1 Å². The second-order valence-electron chi connectivity index (χ2n) is 6.75. The molecular formula is C17H26N2O6S. The third kappa shape index (κ3) is 8.30. The number of benzene rings is 1. The van der Waals surface area contributed by atoms with E-state index < -0.39 is 33.7 Å². The van der Waals surface area contributed by atoms with Crippen LogP contribution in [0.3, 0.4) is 0 Å². The van der Waals surface area contributed by atoms with E-state index in [0.29, 0.717) is 19.4 Å². The van der Waals surface area contributed by atoms with Gasteiger partial charge in [-0.05, 0) is 52.2 Å². The Morgan fingerprint density at radius 1 is 1.15 bits per heavy atom. The first kappa shape index (κ1) is 21.9. The third-order valence-corrected chi connectivity index (χ3v) is 4.72. The van der Waals surface area contributed by atoms with E-state index >= 15 is 0 Å². The summed E-state index contributed by atoms with van der Waals surface area (Å²) in [5.41, 5.74) is -0.589. The Balaban J connectivity index is 2.45. The smallest absolute Gasteiger partial charge is 0.407 e. The number of carbonyl (C=O) groups excluding carboxylic acids is 1. The van der Waals surface area contributed by atoms with Gasteiger partial charge in [-0.25, -0.2) is 13.2 Å². The van der Waals surface area contributed by atoms with Gasteiger partial charge in [0.25, 0.3) is 0 Å². The van der Waals surface area contributed by atoms with Crippen molar-refractivity contribution in [3.63, 3.8) is 0 Å². The molecule has 0 unspecified atom stereocenters. The SMILES string of the molecule is CC(C)(C)OC(=O)NCCCC[C@H](NS(=O)(=O)c1ccccc1)C(=O)O. The first-order valence-electron chi connectivity index (χ1n) is 8.28. The number of rotatable bonds is 9. The third-order valence-electron chi connectivity index (χ3n) is 3.24. The van der Waals surface area contributed by atoms with Crippen molar-refractivity contribution in [3.8, 4) is 0 Å². The number of amides is 1. The molecule has 26 heavy (non-hydrogen) atoms. The molecule has 0 aliphatic carbocycles. The van der Waals surface area contributed by atoms with Crippen LogP contribution in [-0.4, -0.2) is 43.8 Å². The number of ether oxygens (including phenoxy) is 1. The number of hydrogen-bond donors (Lipinski definition) is 3. The first-order chi connectivity index (χ1) is 12.0. The average molecular weight is 386 g/mol. The number of carboxylic acid groups (broad SMARTS) is 1. The Bertz CT molecular complexity index is 698. The van der Waals surface area contributed by atoms with Crippen LogP contribution >= 0.6 is 0 Å². The fraction of sp³-hybridized carbons (Fsp3) is 0.529. The number of carboxylic acids is 1. The van der Waals surface area contributed by atoms with E-state index in [0.717, 1.165) is 0 Å². The molecule has 0 aromatic heterocycles. The quantitative estimate of drug-likeness (QED) is 0.559. The molecule has 1 aromatic rings. The number of hydrogen-bond acceptors (Lipinski definition) is 5. The maximum atomic E-state index is 12.2. The Labute approximate surface area is 154 Å². The number of unbranched alkanes of at least 4 members (excludes halogenated alkanes) is 1. The maximum absolute atomic E-state index is 12.2. The first-order valence-corrected chi connectivity index (χ1v) is 9.76. The molecule has 0 heterocycles. The van der Waals surface area contributed by atoms with Crippen LogP contribution in [-0.2, 0) is 19.6 Å². The second kappa shape index (κ2) is 9.54. The number of nitrogens with one attached hydrogen (secondary N) is 2. The topological polar surface area (TPSA) is 122 Å². The highest BCUT2D eigenvalue weighted by Crippen LogP contribution is 2.11. The molecule has 8 nitrogen and oxygen atoms in total. The lowest BCUT2D eigenvalue weighted by atomic mass is 10.1. The Morgan fingerprint density at radius 3 is 2.31 bits per heavy atom. The van der Waals surface area contributed by atoms with Crippen LogP contribution in [0.1, 0.15) is 40.0 Å². The van der Waals surface area contributed by atoms with Gasteiger partial charge < -0.3 is 15.2 Å². The van der Waals surface area contributed by atoms with Gasteiger partial charge in [0.15, 0.2) is 0 Å². The normalized spacial score (nSPS) is 13.0. The van der Waals surface area contributed by atoms with Gasteiger partial charge in [0.05, 0.1) is 4.90 Å². The van der Waals surface area contributed by atoms with Crippen LogP contribution in [0.15, 0.2) is 35.2 Å². The van der Waals surface area contributed by atoms with Crippen LogP contribution in [0.2, 0.25) is 0 Å². The van der Waals surface area contributed by atoms with E-state index in [1.54, 1.807) is 39.0 Å². The highest BCUT2D eigenvalue weighted by atomic mass is 32.2. The van der Waals surface area contributed by atoms with Crippen LogP contribution in [0.25, 0.3) is 0 Å². The van der Waals surface area contributed by atoms with Crippen LogP contribution in [0, 0.1) is 0 Å². The monoisotopic (exact) mass is 386 g/mol. The second-order valence-corrected chi connectivity index (χ2v) is 8.46. The van der Waals surface area contributed by atoms with E-state index in [-0.39, 0.29) is 11.3 Å². The predicted molar refractivity (Wildman–Crippen MR) is 96.3 cm³/mol. The molecule has 0 fully saturated rings. The molecule has 0 radical (unpaired) electrons. The zero-order chi connectivity index (χ0) is 19.8. The van der Waals surface area contributed by atoms with Crippen molar-refractivity contribution < 1.29 is 27.9 Å². The van der Waals surface area contributed by atoms with Gasteiger partial charge >= 0.3 is 12.1 Å². The predicted octanol–water partition coefficient (Wildman–Crippen LogP) is 2.11. The van der Waals surface area contributed by atoms with Crippen molar-refractivity contribution in [2.24, 2.45) is 0 Å². The average Bonchev–Trinajstić information content (AvgIpc) is 2.52. The number of sulfonamides is 1. The standard InChI is InChI=1S/C17H26N2O6S/c1-17(2,3)25-16(22)18-12-8-7-11-14(15(20)21)19-26(23,24)13-9-5-4-6-10-13/h4-6,9-10,14,19H,7-8,11-12H2,1-3H3,(H,18,22)(H,20,21)/t14-/m0/s1. The van der Waals surface area contributed by atoms with Crippen molar-refractivity contribution in [3.05, 3.63) is 30.3 Å². The summed E-state index contributed by atoms with van der Waals surface area (Å²) >= 11 is 0. The minimum Gasteiger partial charge on any atom is -0.480 e. The van der Waals surface area contributed by atoms with Crippen molar-refractivity contribution >= 4 is 22.1 Å². The number of aliphatic carboxylic acids is 1. The fourth-order valence-electron chi connectivity index (χ4n) is 2.07. The molecule has 0 bridgehead atoms. The van der Waals surface area contributed by atoms with Gasteiger partial charge in [-0.1, -0.05) is 18.2 Å². The molecular weight excluding hydrogens is 360 g/mol.